The highest BCUT2D eigenvalue weighted by molar-refractivity contribution is 5.72. The van der Waals surface area contributed by atoms with Gasteiger partial charge in [0, 0.05) is 32.8 Å². The average molecular weight is 354 g/mol. The molecule has 0 aromatic carbocycles. The van der Waals surface area contributed by atoms with Crippen molar-refractivity contribution >= 4 is 5.97 Å². The van der Waals surface area contributed by atoms with Gasteiger partial charge in [-0.05, 0) is 52.4 Å². The lowest BCUT2D eigenvalue weighted by Crippen LogP contribution is -2.62. The fourth-order valence-electron chi connectivity index (χ4n) is 4.22. The number of rotatable bonds is 8. The number of carbonyl (C=O) groups excluding carboxylic acids is 1. The Kier molecular flexibility index (Phi) is 7.10. The van der Waals surface area contributed by atoms with E-state index < -0.39 is 0 Å². The van der Waals surface area contributed by atoms with Gasteiger partial charge in [0.05, 0.1) is 24.7 Å². The molecule has 3 fully saturated rings. The average Bonchev–Trinajstić information content (AvgIpc) is 3.11. The van der Waals surface area contributed by atoms with Gasteiger partial charge in [0.15, 0.2) is 6.35 Å². The Morgan fingerprint density at radius 3 is 2.24 bits per heavy atom. The van der Waals surface area contributed by atoms with Crippen LogP contribution in [-0.2, 0) is 19.0 Å². The first kappa shape index (κ1) is 19.1. The molecule has 3 rings (SSSR count). The molecule has 0 aromatic heterocycles. The van der Waals surface area contributed by atoms with E-state index in [1.807, 2.05) is 6.92 Å². The van der Waals surface area contributed by atoms with Crippen LogP contribution in [0, 0.1) is 5.92 Å². The zero-order valence-corrected chi connectivity index (χ0v) is 15.8. The SMILES string of the molecule is CCOC(=O)[C@H]1CC[C@H](OC(N2CCCC2)N2CC(OCC)C2)CC1. The second-order valence-electron chi connectivity index (χ2n) is 7.46. The summed E-state index contributed by atoms with van der Waals surface area (Å²) in [6.07, 6.45) is 6.91. The molecule has 2 heterocycles. The van der Waals surface area contributed by atoms with Crippen molar-refractivity contribution < 1.29 is 19.0 Å². The van der Waals surface area contributed by atoms with Gasteiger partial charge in [-0.3, -0.25) is 14.6 Å². The smallest absolute Gasteiger partial charge is 0.308 e. The Morgan fingerprint density at radius 1 is 0.960 bits per heavy atom. The number of esters is 1. The summed E-state index contributed by atoms with van der Waals surface area (Å²) in [7, 11) is 0. The molecule has 6 nitrogen and oxygen atoms in total. The highest BCUT2D eigenvalue weighted by atomic mass is 16.5. The van der Waals surface area contributed by atoms with Crippen LogP contribution in [0.4, 0.5) is 0 Å². The van der Waals surface area contributed by atoms with Gasteiger partial charge in [-0.15, -0.1) is 0 Å². The van der Waals surface area contributed by atoms with Gasteiger partial charge in [0.25, 0.3) is 0 Å². The van der Waals surface area contributed by atoms with Crippen molar-refractivity contribution in [3.63, 3.8) is 0 Å². The number of ether oxygens (including phenoxy) is 3. The number of likely N-dealkylation sites (tertiary alicyclic amines) is 2. The first-order chi connectivity index (χ1) is 12.2. The molecule has 0 amide bonds. The first-order valence-corrected chi connectivity index (χ1v) is 10.1. The number of nitrogens with zero attached hydrogens (tertiary/aromatic N) is 2. The predicted octanol–water partition coefficient (Wildman–Crippen LogP) is 2.23. The Labute approximate surface area is 151 Å². The van der Waals surface area contributed by atoms with Gasteiger partial charge < -0.3 is 14.2 Å². The van der Waals surface area contributed by atoms with E-state index in [-0.39, 0.29) is 24.3 Å². The van der Waals surface area contributed by atoms with Gasteiger partial charge in [-0.1, -0.05) is 0 Å². The third-order valence-electron chi connectivity index (χ3n) is 5.65. The zero-order valence-electron chi connectivity index (χ0n) is 15.8. The topological polar surface area (TPSA) is 51.2 Å². The molecule has 25 heavy (non-hydrogen) atoms. The second kappa shape index (κ2) is 9.31. The fourth-order valence-corrected chi connectivity index (χ4v) is 4.22. The molecule has 0 spiro atoms. The normalized spacial score (nSPS) is 30.2. The summed E-state index contributed by atoms with van der Waals surface area (Å²) in [6.45, 7) is 9.36. The molecule has 2 saturated heterocycles. The van der Waals surface area contributed by atoms with E-state index in [0.717, 1.165) is 58.5 Å². The molecule has 1 atom stereocenters. The summed E-state index contributed by atoms with van der Waals surface area (Å²) in [5.41, 5.74) is 0. The third-order valence-corrected chi connectivity index (χ3v) is 5.65. The summed E-state index contributed by atoms with van der Waals surface area (Å²) >= 11 is 0. The molecule has 6 heteroatoms. The highest BCUT2D eigenvalue weighted by Crippen LogP contribution is 2.31. The van der Waals surface area contributed by atoms with Crippen LogP contribution in [0.2, 0.25) is 0 Å². The molecule has 1 saturated carbocycles. The van der Waals surface area contributed by atoms with Crippen molar-refractivity contribution in [2.45, 2.75) is 70.9 Å². The lowest BCUT2D eigenvalue weighted by molar-refractivity contribution is -0.224. The lowest BCUT2D eigenvalue weighted by atomic mass is 9.87. The van der Waals surface area contributed by atoms with Crippen LogP contribution in [0.5, 0.6) is 0 Å². The molecule has 144 valence electrons. The van der Waals surface area contributed by atoms with E-state index in [1.54, 1.807) is 0 Å². The van der Waals surface area contributed by atoms with E-state index in [9.17, 15) is 4.79 Å². The van der Waals surface area contributed by atoms with Gasteiger partial charge in [-0.2, -0.15) is 0 Å². The molecule has 2 aliphatic heterocycles. The van der Waals surface area contributed by atoms with Gasteiger partial charge in [0.1, 0.15) is 0 Å². The van der Waals surface area contributed by atoms with Crippen molar-refractivity contribution in [2.24, 2.45) is 5.92 Å². The molecule has 0 N–H and O–H groups in total. The lowest BCUT2D eigenvalue weighted by Gasteiger charge is -2.47. The predicted molar refractivity (Wildman–Crippen MR) is 95.0 cm³/mol. The van der Waals surface area contributed by atoms with Gasteiger partial charge in [0.2, 0.25) is 0 Å². The molecule has 0 radical (unpaired) electrons. The van der Waals surface area contributed by atoms with E-state index >= 15 is 0 Å². The summed E-state index contributed by atoms with van der Waals surface area (Å²) < 4.78 is 17.4. The van der Waals surface area contributed by atoms with Crippen LogP contribution in [0.1, 0.15) is 52.4 Å². The van der Waals surface area contributed by atoms with Crippen molar-refractivity contribution in [2.75, 3.05) is 39.4 Å². The maximum absolute atomic E-state index is 11.9. The standard InChI is InChI=1S/C19H34N2O4/c1-3-23-17-13-21(14-17)19(20-11-5-6-12-20)25-16-9-7-15(8-10-16)18(22)24-4-2/h15-17,19H,3-14H2,1-2H3/t15-,16-,19?. The zero-order chi connectivity index (χ0) is 17.6. The minimum atomic E-state index is -0.0284. The summed E-state index contributed by atoms with van der Waals surface area (Å²) in [4.78, 5) is 16.8. The minimum absolute atomic E-state index is 0.0284. The maximum Gasteiger partial charge on any atom is 0.308 e. The summed E-state index contributed by atoms with van der Waals surface area (Å²) in [5, 5.41) is 0. The Bertz CT molecular complexity index is 414. The van der Waals surface area contributed by atoms with Crippen LogP contribution in [0.3, 0.4) is 0 Å². The molecule has 1 unspecified atom stereocenters. The molecular weight excluding hydrogens is 320 g/mol. The Hall–Kier alpha value is -0.690. The quantitative estimate of drug-likeness (QED) is 0.623. The van der Waals surface area contributed by atoms with Crippen molar-refractivity contribution in [1.29, 1.82) is 0 Å². The van der Waals surface area contributed by atoms with Crippen LogP contribution >= 0.6 is 0 Å². The second-order valence-corrected chi connectivity index (χ2v) is 7.46. The highest BCUT2D eigenvalue weighted by Gasteiger charge is 2.39. The number of hydrogen-bond donors (Lipinski definition) is 0. The molecule has 3 aliphatic rings. The molecule has 1 aliphatic carbocycles. The van der Waals surface area contributed by atoms with E-state index in [1.165, 1.54) is 12.8 Å². The summed E-state index contributed by atoms with van der Waals surface area (Å²) in [6, 6.07) is 0. The monoisotopic (exact) mass is 354 g/mol. The Morgan fingerprint density at radius 2 is 1.64 bits per heavy atom. The van der Waals surface area contributed by atoms with Crippen molar-refractivity contribution in [3.8, 4) is 0 Å². The van der Waals surface area contributed by atoms with E-state index in [4.69, 9.17) is 14.2 Å². The number of carbonyl (C=O) groups is 1. The van der Waals surface area contributed by atoms with E-state index in [2.05, 4.69) is 16.7 Å². The van der Waals surface area contributed by atoms with Crippen LogP contribution in [0.25, 0.3) is 0 Å². The molecule has 0 aromatic rings. The van der Waals surface area contributed by atoms with Crippen LogP contribution in [-0.4, -0.2) is 73.7 Å². The molecular formula is C19H34N2O4. The van der Waals surface area contributed by atoms with Gasteiger partial charge >= 0.3 is 5.97 Å². The molecule has 0 bridgehead atoms. The first-order valence-electron chi connectivity index (χ1n) is 10.1. The van der Waals surface area contributed by atoms with E-state index in [0.29, 0.717) is 12.7 Å². The maximum atomic E-state index is 11.9. The third kappa shape index (κ3) is 4.94. The fraction of sp³-hybridized carbons (Fsp3) is 0.947. The van der Waals surface area contributed by atoms with Crippen molar-refractivity contribution in [3.05, 3.63) is 0 Å². The minimum Gasteiger partial charge on any atom is -0.466 e. The largest absolute Gasteiger partial charge is 0.466 e. The van der Waals surface area contributed by atoms with Gasteiger partial charge in [-0.25, -0.2) is 0 Å². The van der Waals surface area contributed by atoms with Crippen LogP contribution < -0.4 is 0 Å². The Balaban J connectivity index is 1.48. The number of hydrogen-bond acceptors (Lipinski definition) is 6. The van der Waals surface area contributed by atoms with Crippen molar-refractivity contribution in [1.82, 2.24) is 9.80 Å². The van der Waals surface area contributed by atoms with Crippen LogP contribution in [0.15, 0.2) is 0 Å². The summed E-state index contributed by atoms with van der Waals surface area (Å²) in [5.74, 6) is 0.0377.